The highest BCUT2D eigenvalue weighted by molar-refractivity contribution is 5.92. The summed E-state index contributed by atoms with van der Waals surface area (Å²) in [4.78, 5) is 17.6. The summed E-state index contributed by atoms with van der Waals surface area (Å²) in [6, 6.07) is 16.0. The van der Waals surface area contributed by atoms with E-state index in [1.54, 1.807) is 17.9 Å². The number of methoxy groups -OCH3 is 1. The van der Waals surface area contributed by atoms with E-state index in [-0.39, 0.29) is 11.6 Å². The van der Waals surface area contributed by atoms with E-state index in [4.69, 9.17) is 9.47 Å². The zero-order valence-corrected chi connectivity index (χ0v) is 23.0. The molecule has 0 radical (unpaired) electrons. The molecule has 0 N–H and O–H groups in total. The minimum absolute atomic E-state index is 0.201. The van der Waals surface area contributed by atoms with Crippen LogP contribution >= 0.6 is 0 Å². The highest BCUT2D eigenvalue weighted by Gasteiger charge is 2.31. The zero-order valence-electron chi connectivity index (χ0n) is 23.0. The van der Waals surface area contributed by atoms with E-state index in [1.807, 2.05) is 55.6 Å². The maximum absolute atomic E-state index is 13.1. The topological polar surface area (TPSA) is 84.3 Å². The quantitative estimate of drug-likeness (QED) is 0.164. The van der Waals surface area contributed by atoms with E-state index in [2.05, 4.69) is 21.7 Å². The Kier molecular flexibility index (Phi) is 7.15. The Morgan fingerprint density at radius 2 is 2.00 bits per heavy atom. The van der Waals surface area contributed by atoms with Crippen molar-refractivity contribution in [3.8, 4) is 22.8 Å². The number of allylic oxidation sites excluding steroid dienone is 2. The van der Waals surface area contributed by atoms with Crippen LogP contribution in [-0.2, 0) is 13.1 Å². The van der Waals surface area contributed by atoms with Gasteiger partial charge in [0.1, 0.15) is 0 Å². The largest absolute Gasteiger partial charge is 0.618 e. The molecule has 8 heteroatoms. The van der Waals surface area contributed by atoms with Crippen molar-refractivity contribution in [1.29, 1.82) is 0 Å². The smallest absolute Gasteiger partial charge is 0.348 e. The first kappa shape index (κ1) is 25.9. The number of benzene rings is 2. The molecule has 0 spiro atoms. The van der Waals surface area contributed by atoms with Crippen molar-refractivity contribution in [2.45, 2.75) is 52.1 Å². The average molecular weight is 539 g/mol. The van der Waals surface area contributed by atoms with Crippen LogP contribution in [0, 0.1) is 18.0 Å². The molecule has 0 fully saturated rings. The van der Waals surface area contributed by atoms with Gasteiger partial charge in [-0.15, -0.1) is 0 Å². The SMILES string of the molecule is COc1c(OCCCCn2c(=O)nc(-c3ccccc3)c3cc(C)ccc32)cn2c1C=[N+]([O-])C1=CCCC[C@H]1C2. The van der Waals surface area contributed by atoms with E-state index >= 15 is 0 Å². The van der Waals surface area contributed by atoms with Gasteiger partial charge in [0.05, 0.1) is 37.0 Å². The Labute approximate surface area is 233 Å². The monoisotopic (exact) mass is 538 g/mol. The molecule has 4 aromatic rings. The number of aromatic nitrogens is 3. The normalized spacial score (nSPS) is 16.5. The molecule has 206 valence electrons. The standard InChI is InChI=1S/C32H34N4O4/c1-22-14-15-27-25(18-22)30(23-10-4-3-5-11-23)33-32(37)35(27)16-8-9-17-40-29-21-34-19-24-12-6-7-13-26(24)36(38)20-28(34)31(29)39-2/h3-5,10-11,13-15,18,20-21,24H,6-9,12,16-17,19H2,1-2H3/t24-/m0/s1. The van der Waals surface area contributed by atoms with E-state index in [9.17, 15) is 10.0 Å². The molecule has 0 unspecified atom stereocenters. The molecule has 1 aliphatic heterocycles. The average Bonchev–Trinajstić information content (AvgIpc) is 3.21. The molecular weight excluding hydrogens is 504 g/mol. The summed E-state index contributed by atoms with van der Waals surface area (Å²) in [5.74, 6) is 1.42. The van der Waals surface area contributed by atoms with Gasteiger partial charge in [0.2, 0.25) is 6.21 Å². The zero-order chi connectivity index (χ0) is 27.6. The van der Waals surface area contributed by atoms with Crippen LogP contribution in [0.25, 0.3) is 22.2 Å². The Morgan fingerprint density at radius 1 is 1.15 bits per heavy atom. The van der Waals surface area contributed by atoms with Gasteiger partial charge in [0.25, 0.3) is 0 Å². The number of hydrogen-bond donors (Lipinski definition) is 0. The lowest BCUT2D eigenvalue weighted by Crippen LogP contribution is -2.24. The predicted octanol–water partition coefficient (Wildman–Crippen LogP) is 5.67. The second-order valence-electron chi connectivity index (χ2n) is 10.6. The van der Waals surface area contributed by atoms with E-state index < -0.39 is 0 Å². The molecule has 1 atom stereocenters. The third-order valence-corrected chi connectivity index (χ3v) is 7.90. The summed E-state index contributed by atoms with van der Waals surface area (Å²) in [7, 11) is 1.61. The van der Waals surface area contributed by atoms with E-state index in [1.165, 1.54) is 0 Å². The number of nitrogens with zero attached hydrogens (tertiary/aromatic N) is 4. The predicted molar refractivity (Wildman–Crippen MR) is 156 cm³/mol. The van der Waals surface area contributed by atoms with Crippen LogP contribution in [0.3, 0.4) is 0 Å². The maximum atomic E-state index is 13.1. The lowest BCUT2D eigenvalue weighted by molar-refractivity contribution is -0.406. The molecule has 2 aromatic heterocycles. The van der Waals surface area contributed by atoms with Crippen LogP contribution in [0.2, 0.25) is 0 Å². The summed E-state index contributed by atoms with van der Waals surface area (Å²) in [5, 5.41) is 13.8. The van der Waals surface area contributed by atoms with Crippen molar-refractivity contribution in [2.75, 3.05) is 13.7 Å². The van der Waals surface area contributed by atoms with Crippen LogP contribution < -0.4 is 15.2 Å². The minimum atomic E-state index is -0.247. The van der Waals surface area contributed by atoms with Crippen molar-refractivity contribution >= 4 is 17.1 Å². The molecule has 0 bridgehead atoms. The molecule has 1 aliphatic carbocycles. The molecule has 0 amide bonds. The molecule has 2 aromatic carbocycles. The first-order valence-electron chi connectivity index (χ1n) is 14.0. The Hall–Kier alpha value is -4.33. The lowest BCUT2D eigenvalue weighted by atomic mass is 9.92. The molecule has 8 nitrogen and oxygen atoms in total. The number of rotatable bonds is 8. The highest BCUT2D eigenvalue weighted by Crippen LogP contribution is 2.37. The van der Waals surface area contributed by atoms with Gasteiger partial charge in [-0.2, -0.15) is 9.72 Å². The Balaban J connectivity index is 1.16. The van der Waals surface area contributed by atoms with E-state index in [0.717, 1.165) is 76.8 Å². The second-order valence-corrected chi connectivity index (χ2v) is 10.6. The summed E-state index contributed by atoms with van der Waals surface area (Å²) < 4.78 is 16.6. The number of aryl methyl sites for hydroxylation is 2. The van der Waals surface area contributed by atoms with Crippen molar-refractivity contribution in [1.82, 2.24) is 14.1 Å². The van der Waals surface area contributed by atoms with Crippen molar-refractivity contribution in [3.05, 3.63) is 93.4 Å². The summed E-state index contributed by atoms with van der Waals surface area (Å²) in [6.45, 7) is 3.80. The summed E-state index contributed by atoms with van der Waals surface area (Å²) in [6.07, 6.45) is 10.2. The molecule has 3 heterocycles. The molecular formula is C32H34N4O4. The van der Waals surface area contributed by atoms with Gasteiger partial charge in [-0.25, -0.2) is 4.79 Å². The number of hydrogen-bond acceptors (Lipinski definition) is 5. The molecule has 40 heavy (non-hydrogen) atoms. The number of unbranched alkanes of at least 4 members (excludes halogenated alkanes) is 1. The number of hydroxylamine groups is 1. The molecule has 6 rings (SSSR count). The first-order valence-corrected chi connectivity index (χ1v) is 14.0. The molecule has 2 aliphatic rings. The van der Waals surface area contributed by atoms with Gasteiger partial charge in [0.15, 0.2) is 22.9 Å². The lowest BCUT2D eigenvalue weighted by Gasteiger charge is -2.20. The van der Waals surface area contributed by atoms with Crippen LogP contribution in [0.4, 0.5) is 0 Å². The van der Waals surface area contributed by atoms with Crippen molar-refractivity contribution in [2.24, 2.45) is 5.92 Å². The van der Waals surface area contributed by atoms with Crippen LogP contribution in [0.15, 0.2) is 71.3 Å². The maximum Gasteiger partial charge on any atom is 0.348 e. The third-order valence-electron chi connectivity index (χ3n) is 7.90. The van der Waals surface area contributed by atoms with Crippen LogP contribution in [0.5, 0.6) is 11.5 Å². The van der Waals surface area contributed by atoms with Crippen LogP contribution in [-0.4, -0.2) is 38.8 Å². The number of ether oxygens (including phenoxy) is 2. The van der Waals surface area contributed by atoms with Gasteiger partial charge in [-0.05, 0) is 57.2 Å². The third kappa shape index (κ3) is 4.90. The van der Waals surface area contributed by atoms with Gasteiger partial charge < -0.3 is 19.2 Å². The fourth-order valence-electron chi connectivity index (χ4n) is 5.91. The van der Waals surface area contributed by atoms with Crippen LogP contribution in [0.1, 0.15) is 43.4 Å². The fourth-order valence-corrected chi connectivity index (χ4v) is 5.91. The second kappa shape index (κ2) is 11.0. The summed E-state index contributed by atoms with van der Waals surface area (Å²) in [5.41, 5.74) is 5.00. The van der Waals surface area contributed by atoms with E-state index in [0.29, 0.717) is 30.3 Å². The van der Waals surface area contributed by atoms with Gasteiger partial charge >= 0.3 is 5.69 Å². The Morgan fingerprint density at radius 3 is 2.83 bits per heavy atom. The summed E-state index contributed by atoms with van der Waals surface area (Å²) >= 11 is 0. The van der Waals surface area contributed by atoms with Crippen molar-refractivity contribution < 1.29 is 14.2 Å². The minimum Gasteiger partial charge on any atom is -0.618 e. The first-order chi connectivity index (χ1) is 19.5. The molecule has 0 saturated heterocycles. The van der Waals surface area contributed by atoms with Gasteiger partial charge in [0, 0.05) is 24.0 Å². The molecule has 0 saturated carbocycles. The van der Waals surface area contributed by atoms with Gasteiger partial charge in [-0.3, -0.25) is 4.57 Å². The fraction of sp³-hybridized carbons (Fsp3) is 0.344. The Bertz CT molecular complexity index is 1670. The number of fused-ring (bicyclic) bond motifs is 3. The van der Waals surface area contributed by atoms with Gasteiger partial charge in [-0.1, -0.05) is 42.0 Å². The highest BCUT2D eigenvalue weighted by atomic mass is 16.5. The van der Waals surface area contributed by atoms with Crippen molar-refractivity contribution in [3.63, 3.8) is 0 Å².